The minimum Gasteiger partial charge on any atom is -0.479 e. The lowest BCUT2D eigenvalue weighted by molar-refractivity contribution is -0.0322. The monoisotopic (exact) mass is 524 g/mol. The smallest absolute Gasteiger partial charge is 0.245 e. The highest BCUT2D eigenvalue weighted by atomic mass is 35.5. The first-order chi connectivity index (χ1) is 16.7. The maximum atomic E-state index is 13.4. The van der Waals surface area contributed by atoms with E-state index in [9.17, 15) is 8.42 Å². The molecule has 0 aromatic carbocycles. The maximum Gasteiger partial charge on any atom is 0.245 e. The van der Waals surface area contributed by atoms with Crippen molar-refractivity contribution in [2.75, 3.05) is 32.2 Å². The van der Waals surface area contributed by atoms with Crippen molar-refractivity contribution in [3.05, 3.63) is 35.4 Å². The van der Waals surface area contributed by atoms with E-state index < -0.39 is 21.2 Å². The zero-order valence-corrected chi connectivity index (χ0v) is 21.1. The second kappa shape index (κ2) is 10.3. The Balaban J connectivity index is 1.73. The lowest BCUT2D eigenvalue weighted by Crippen LogP contribution is -2.32. The van der Waals surface area contributed by atoms with E-state index in [0.717, 1.165) is 0 Å². The van der Waals surface area contributed by atoms with Gasteiger partial charge in [-0.1, -0.05) is 18.5 Å². The van der Waals surface area contributed by atoms with Gasteiger partial charge in [0.25, 0.3) is 0 Å². The summed E-state index contributed by atoms with van der Waals surface area (Å²) in [6, 6.07) is 0. The zero-order chi connectivity index (χ0) is 25.2. The Hall–Kier alpha value is -3.10. The highest BCUT2D eigenvalue weighted by Gasteiger charge is 2.33. The molecule has 2 atom stereocenters. The molecule has 1 aliphatic rings. The van der Waals surface area contributed by atoms with Crippen molar-refractivity contribution >= 4 is 27.6 Å². The molecule has 4 rings (SSSR count). The first kappa shape index (κ1) is 25.0. The topological polar surface area (TPSA) is 156 Å². The van der Waals surface area contributed by atoms with E-state index in [1.54, 1.807) is 13.8 Å². The highest BCUT2D eigenvalue weighted by Crippen LogP contribution is 2.33. The van der Waals surface area contributed by atoms with Gasteiger partial charge in [0.15, 0.2) is 5.69 Å². The molecule has 0 aliphatic carbocycles. The number of aromatic nitrogens is 7. The maximum absolute atomic E-state index is 13.4. The fraction of sp³-hybridized carbons (Fsp3) is 0.500. The average Bonchev–Trinajstić information content (AvgIpc) is 3.21. The molecule has 0 saturated carbocycles. The van der Waals surface area contributed by atoms with E-state index in [1.165, 1.54) is 37.5 Å². The molecule has 1 N–H and O–H groups in total. The highest BCUT2D eigenvalue weighted by molar-refractivity contribution is 7.93. The molecule has 3 aromatic heterocycles. The van der Waals surface area contributed by atoms with E-state index >= 15 is 0 Å². The van der Waals surface area contributed by atoms with E-state index in [4.69, 9.17) is 25.8 Å². The molecule has 13 nitrogen and oxygen atoms in total. The fourth-order valence-electron chi connectivity index (χ4n) is 3.50. The predicted molar refractivity (Wildman–Crippen MR) is 126 cm³/mol. The average molecular weight is 525 g/mol. The summed E-state index contributed by atoms with van der Waals surface area (Å²) < 4.78 is 46.9. The summed E-state index contributed by atoms with van der Waals surface area (Å²) in [5.74, 6) is 0.770. The molecule has 0 spiro atoms. The van der Waals surface area contributed by atoms with E-state index in [2.05, 4.69) is 34.9 Å². The summed E-state index contributed by atoms with van der Waals surface area (Å²) in [4.78, 5) is 16.6. The molecule has 2 unspecified atom stereocenters. The van der Waals surface area contributed by atoms with Gasteiger partial charge in [-0.15, -0.1) is 10.2 Å². The second-order valence-corrected chi connectivity index (χ2v) is 10.5. The van der Waals surface area contributed by atoms with Crippen molar-refractivity contribution < 1.29 is 22.6 Å². The summed E-state index contributed by atoms with van der Waals surface area (Å²) in [7, 11) is -1.10. The molecule has 4 heterocycles. The molecule has 3 aromatic rings. The quantitative estimate of drug-likeness (QED) is 0.411. The molecule has 1 fully saturated rings. The summed E-state index contributed by atoms with van der Waals surface area (Å²) >= 11 is 5.86. The SMILES string of the molecule is COc1ncnc(OC)c1-n1c(CC2COC2)nnc1NS(=O)(=O)C(C)C(C)c1ncc(Cl)cn1. The molecule has 0 bridgehead atoms. The van der Waals surface area contributed by atoms with Gasteiger partial charge in [-0.2, -0.15) is 9.97 Å². The van der Waals surface area contributed by atoms with Crippen LogP contribution >= 0.6 is 11.6 Å². The van der Waals surface area contributed by atoms with Crippen molar-refractivity contribution in [3.8, 4) is 17.4 Å². The van der Waals surface area contributed by atoms with Gasteiger partial charge in [0, 0.05) is 30.7 Å². The Bertz CT molecular complexity index is 1260. The Labute approximate surface area is 207 Å². The number of nitrogens with one attached hydrogen (secondary N) is 1. The Morgan fingerprint density at radius 2 is 1.74 bits per heavy atom. The minimum atomic E-state index is -3.98. The van der Waals surface area contributed by atoms with Gasteiger partial charge in [-0.3, -0.25) is 9.29 Å². The Kier molecular flexibility index (Phi) is 7.33. The fourth-order valence-corrected chi connectivity index (χ4v) is 4.83. The second-order valence-electron chi connectivity index (χ2n) is 8.02. The summed E-state index contributed by atoms with van der Waals surface area (Å²) in [6.45, 7) is 4.42. The minimum absolute atomic E-state index is 0.0530. The molecule has 0 amide bonds. The Morgan fingerprint density at radius 3 is 2.29 bits per heavy atom. The molecule has 188 valence electrons. The van der Waals surface area contributed by atoms with Gasteiger partial charge in [-0.25, -0.2) is 18.4 Å². The first-order valence-corrected chi connectivity index (χ1v) is 12.6. The number of hydrogen-bond donors (Lipinski definition) is 1. The molecular formula is C20H25ClN8O5S. The van der Waals surface area contributed by atoms with Gasteiger partial charge >= 0.3 is 0 Å². The van der Waals surface area contributed by atoms with Crippen molar-refractivity contribution in [1.82, 2.24) is 34.7 Å². The standard InChI is InChI=1S/C20H25ClN8O5S/c1-11(17-22-6-14(21)7-23-17)12(2)35(30,31)28-20-27-26-15(5-13-8-34-9-13)29(20)16-18(32-3)24-10-25-19(16)33-4/h6-7,10-13H,5,8-9H2,1-4H3,(H,27,28). The summed E-state index contributed by atoms with van der Waals surface area (Å²) in [6.07, 6.45) is 4.62. The number of hydrogen-bond acceptors (Lipinski definition) is 11. The van der Waals surface area contributed by atoms with Crippen LogP contribution in [0.15, 0.2) is 18.7 Å². The molecular weight excluding hydrogens is 500 g/mol. The summed E-state index contributed by atoms with van der Waals surface area (Å²) in [5, 5.41) is 7.82. The van der Waals surface area contributed by atoms with E-state index in [-0.39, 0.29) is 29.3 Å². The van der Waals surface area contributed by atoms with Crippen LogP contribution in [0.25, 0.3) is 5.69 Å². The van der Waals surface area contributed by atoms with Crippen LogP contribution < -0.4 is 14.2 Å². The summed E-state index contributed by atoms with van der Waals surface area (Å²) in [5.41, 5.74) is 0.275. The van der Waals surface area contributed by atoms with Gasteiger partial charge in [-0.05, 0) is 6.92 Å². The first-order valence-electron chi connectivity index (χ1n) is 10.7. The number of anilines is 1. The number of ether oxygens (including phenoxy) is 3. The van der Waals surface area contributed by atoms with Crippen LogP contribution in [0.5, 0.6) is 11.8 Å². The van der Waals surface area contributed by atoms with Crippen molar-refractivity contribution in [2.45, 2.75) is 31.4 Å². The van der Waals surface area contributed by atoms with Crippen LogP contribution in [0.1, 0.15) is 31.4 Å². The molecule has 15 heteroatoms. The predicted octanol–water partition coefficient (Wildman–Crippen LogP) is 1.64. The third-order valence-corrected chi connectivity index (χ3v) is 7.80. The molecule has 0 radical (unpaired) electrons. The van der Waals surface area contributed by atoms with Crippen molar-refractivity contribution in [1.29, 1.82) is 0 Å². The lowest BCUT2D eigenvalue weighted by atomic mass is 10.0. The zero-order valence-electron chi connectivity index (χ0n) is 19.5. The van der Waals surface area contributed by atoms with Crippen molar-refractivity contribution in [2.24, 2.45) is 5.92 Å². The number of rotatable bonds is 10. The molecule has 1 aliphatic heterocycles. The lowest BCUT2D eigenvalue weighted by Gasteiger charge is -2.26. The number of halogens is 1. The number of methoxy groups -OCH3 is 2. The van der Waals surface area contributed by atoms with Gasteiger partial charge < -0.3 is 14.2 Å². The van der Waals surface area contributed by atoms with Crippen LogP contribution in [0.3, 0.4) is 0 Å². The van der Waals surface area contributed by atoms with Gasteiger partial charge in [0.1, 0.15) is 18.0 Å². The normalized spacial score (nSPS) is 15.8. The van der Waals surface area contributed by atoms with Crippen LogP contribution in [-0.4, -0.2) is 75.8 Å². The van der Waals surface area contributed by atoms with Crippen LogP contribution in [-0.2, 0) is 21.2 Å². The Morgan fingerprint density at radius 1 is 1.11 bits per heavy atom. The van der Waals surface area contributed by atoms with Crippen LogP contribution in [0.4, 0.5) is 5.95 Å². The third-order valence-electron chi connectivity index (χ3n) is 5.75. The van der Waals surface area contributed by atoms with Crippen LogP contribution in [0, 0.1) is 5.92 Å². The van der Waals surface area contributed by atoms with E-state index in [0.29, 0.717) is 36.3 Å². The third kappa shape index (κ3) is 5.13. The van der Waals surface area contributed by atoms with E-state index in [1.807, 2.05) is 0 Å². The van der Waals surface area contributed by atoms with Gasteiger partial charge in [0.2, 0.25) is 27.7 Å². The number of nitrogens with zero attached hydrogens (tertiary/aromatic N) is 7. The van der Waals surface area contributed by atoms with Gasteiger partial charge in [0.05, 0.1) is 37.7 Å². The molecule has 35 heavy (non-hydrogen) atoms. The largest absolute Gasteiger partial charge is 0.479 e. The number of sulfonamides is 1. The van der Waals surface area contributed by atoms with Crippen molar-refractivity contribution in [3.63, 3.8) is 0 Å². The van der Waals surface area contributed by atoms with Crippen LogP contribution in [0.2, 0.25) is 5.02 Å². The molecule has 1 saturated heterocycles.